The predicted octanol–water partition coefficient (Wildman–Crippen LogP) is 7.84. The molecule has 8 heteroatoms. The Morgan fingerprint density at radius 2 is 1.68 bits per heavy atom. The lowest BCUT2D eigenvalue weighted by atomic mass is 9.82. The van der Waals surface area contributed by atoms with Crippen molar-refractivity contribution < 1.29 is 27.9 Å². The van der Waals surface area contributed by atoms with E-state index in [-0.39, 0.29) is 25.3 Å². The van der Waals surface area contributed by atoms with E-state index in [1.165, 1.54) is 6.08 Å². The molecule has 0 aromatic heterocycles. The van der Waals surface area contributed by atoms with Crippen molar-refractivity contribution in [2.45, 2.75) is 63.1 Å². The largest absolute Gasteiger partial charge is 0.481 e. The predicted molar refractivity (Wildman–Crippen MR) is 147 cm³/mol. The molecule has 0 saturated carbocycles. The zero-order valence-corrected chi connectivity index (χ0v) is 22.9. The molecule has 0 heterocycles. The monoisotopic (exact) mass is 545 g/mol. The number of alkyl halides is 3. The second-order valence-electron chi connectivity index (χ2n) is 10.2. The van der Waals surface area contributed by atoms with Crippen molar-refractivity contribution in [3.8, 4) is 0 Å². The summed E-state index contributed by atoms with van der Waals surface area (Å²) in [4.78, 5) is 23.0. The Labute approximate surface area is 226 Å². The van der Waals surface area contributed by atoms with E-state index in [1.54, 1.807) is 38.1 Å². The van der Waals surface area contributed by atoms with Crippen LogP contribution in [0.1, 0.15) is 73.7 Å². The van der Waals surface area contributed by atoms with Gasteiger partial charge in [0.15, 0.2) is 0 Å². The molecule has 0 fully saturated rings. The van der Waals surface area contributed by atoms with Crippen molar-refractivity contribution in [2.75, 3.05) is 6.54 Å². The molecule has 4 nitrogen and oxygen atoms in total. The number of benzene rings is 2. The second kappa shape index (κ2) is 12.2. The minimum atomic E-state index is -4.47. The fourth-order valence-corrected chi connectivity index (χ4v) is 6.82. The van der Waals surface area contributed by atoms with Crippen LogP contribution >= 0.6 is 11.8 Å². The third-order valence-corrected chi connectivity index (χ3v) is 8.21. The lowest BCUT2D eigenvalue weighted by Gasteiger charge is -2.40. The van der Waals surface area contributed by atoms with Crippen molar-refractivity contribution in [1.82, 2.24) is 5.32 Å². The SMILES string of the molecule is CC1=CC(SC(CC(C)C)c2ccc(C(=O)NCCC(=O)O)cc2)(C(F)(F)F)CC(C)=C1c1ccccc1. The average Bonchev–Trinajstić information content (AvgIpc) is 2.83. The summed E-state index contributed by atoms with van der Waals surface area (Å²) in [6.07, 6.45) is -2.87. The van der Waals surface area contributed by atoms with Gasteiger partial charge in [-0.3, -0.25) is 9.59 Å². The highest BCUT2D eigenvalue weighted by Gasteiger charge is 2.56. The Bertz CT molecular complexity index is 1200. The number of aliphatic carboxylic acids is 1. The van der Waals surface area contributed by atoms with Crippen LogP contribution in [0.2, 0.25) is 0 Å². The molecule has 2 aromatic carbocycles. The maximum atomic E-state index is 14.8. The Morgan fingerprint density at radius 1 is 1.05 bits per heavy atom. The van der Waals surface area contributed by atoms with Crippen molar-refractivity contribution in [3.05, 3.63) is 88.5 Å². The Hall–Kier alpha value is -3.00. The number of carboxylic acid groups (broad SMARTS) is 1. The first-order valence-corrected chi connectivity index (χ1v) is 13.5. The van der Waals surface area contributed by atoms with Crippen LogP contribution in [0, 0.1) is 5.92 Å². The summed E-state index contributed by atoms with van der Waals surface area (Å²) in [5.74, 6) is -1.28. The van der Waals surface area contributed by atoms with Crippen LogP contribution < -0.4 is 5.32 Å². The van der Waals surface area contributed by atoms with Crippen LogP contribution in [0.15, 0.2) is 71.8 Å². The first kappa shape index (κ1) is 29.6. The number of hydrogen-bond donors (Lipinski definition) is 2. The van der Waals surface area contributed by atoms with Gasteiger partial charge in [-0.15, -0.1) is 11.8 Å². The van der Waals surface area contributed by atoms with Gasteiger partial charge in [0, 0.05) is 17.4 Å². The van der Waals surface area contributed by atoms with Crippen molar-refractivity contribution in [2.24, 2.45) is 5.92 Å². The number of halogens is 3. The van der Waals surface area contributed by atoms with Gasteiger partial charge in [0.2, 0.25) is 0 Å². The number of allylic oxidation sites excluding steroid dienone is 3. The molecular formula is C30H34F3NO3S. The highest BCUT2D eigenvalue weighted by Crippen LogP contribution is 2.57. The van der Waals surface area contributed by atoms with Crippen LogP contribution in [-0.4, -0.2) is 34.5 Å². The quantitative estimate of drug-likeness (QED) is 0.319. The lowest BCUT2D eigenvalue weighted by Crippen LogP contribution is -2.43. The molecule has 38 heavy (non-hydrogen) atoms. The molecule has 0 saturated heterocycles. The summed E-state index contributed by atoms with van der Waals surface area (Å²) in [6, 6.07) is 16.1. The van der Waals surface area contributed by atoms with Crippen molar-refractivity contribution in [3.63, 3.8) is 0 Å². The summed E-state index contributed by atoms with van der Waals surface area (Å²) in [6.45, 7) is 7.51. The van der Waals surface area contributed by atoms with E-state index in [2.05, 4.69) is 5.32 Å². The fourth-order valence-electron chi connectivity index (χ4n) is 4.86. The first-order chi connectivity index (χ1) is 17.8. The smallest absolute Gasteiger partial charge is 0.407 e. The highest BCUT2D eigenvalue weighted by atomic mass is 32.2. The number of carboxylic acids is 1. The molecule has 2 atom stereocenters. The summed E-state index contributed by atoms with van der Waals surface area (Å²) >= 11 is 0.936. The second-order valence-corrected chi connectivity index (χ2v) is 11.7. The molecule has 2 aromatic rings. The fraction of sp³-hybridized carbons (Fsp3) is 0.400. The molecule has 1 aliphatic rings. The van der Waals surface area contributed by atoms with Crippen LogP contribution in [-0.2, 0) is 4.79 Å². The average molecular weight is 546 g/mol. The van der Waals surface area contributed by atoms with Crippen LogP contribution in [0.4, 0.5) is 13.2 Å². The van der Waals surface area contributed by atoms with Crippen molar-refractivity contribution in [1.29, 1.82) is 0 Å². The normalized spacial score (nSPS) is 18.8. The lowest BCUT2D eigenvalue weighted by molar-refractivity contribution is -0.148. The van der Waals surface area contributed by atoms with Gasteiger partial charge in [-0.05, 0) is 67.0 Å². The van der Waals surface area contributed by atoms with Crippen LogP contribution in [0.5, 0.6) is 0 Å². The third kappa shape index (κ3) is 7.10. The summed E-state index contributed by atoms with van der Waals surface area (Å²) in [7, 11) is 0. The van der Waals surface area contributed by atoms with Gasteiger partial charge >= 0.3 is 12.1 Å². The maximum absolute atomic E-state index is 14.8. The van der Waals surface area contributed by atoms with Gasteiger partial charge in [0.1, 0.15) is 4.75 Å². The van der Waals surface area contributed by atoms with Gasteiger partial charge in [0.05, 0.1) is 6.42 Å². The molecule has 0 bridgehead atoms. The number of amides is 1. The van der Waals surface area contributed by atoms with Gasteiger partial charge in [-0.25, -0.2) is 0 Å². The number of hydrogen-bond acceptors (Lipinski definition) is 3. The van der Waals surface area contributed by atoms with E-state index in [1.807, 2.05) is 44.2 Å². The topological polar surface area (TPSA) is 66.4 Å². The molecule has 0 radical (unpaired) electrons. The minimum Gasteiger partial charge on any atom is -0.481 e. The zero-order chi connectivity index (χ0) is 28.1. The molecule has 2 unspecified atom stereocenters. The van der Waals surface area contributed by atoms with E-state index in [4.69, 9.17) is 5.11 Å². The number of rotatable bonds is 10. The molecular weight excluding hydrogens is 511 g/mol. The van der Waals surface area contributed by atoms with E-state index in [9.17, 15) is 22.8 Å². The molecule has 2 N–H and O–H groups in total. The molecule has 3 rings (SSSR count). The zero-order valence-electron chi connectivity index (χ0n) is 22.1. The van der Waals surface area contributed by atoms with E-state index >= 15 is 0 Å². The van der Waals surface area contributed by atoms with Crippen LogP contribution in [0.3, 0.4) is 0 Å². The summed E-state index contributed by atoms with van der Waals surface area (Å²) in [5, 5.41) is 10.8. The molecule has 0 aliphatic heterocycles. The first-order valence-electron chi connectivity index (χ1n) is 12.6. The van der Waals surface area contributed by atoms with Gasteiger partial charge in [-0.1, -0.05) is 68.0 Å². The Morgan fingerprint density at radius 3 is 2.21 bits per heavy atom. The number of nitrogens with one attached hydrogen (secondary N) is 1. The van der Waals surface area contributed by atoms with E-state index in [0.717, 1.165) is 28.5 Å². The third-order valence-electron chi connectivity index (χ3n) is 6.55. The molecule has 0 spiro atoms. The van der Waals surface area contributed by atoms with Crippen LogP contribution in [0.25, 0.3) is 5.57 Å². The van der Waals surface area contributed by atoms with Gasteiger partial charge < -0.3 is 10.4 Å². The minimum absolute atomic E-state index is 0.000624. The maximum Gasteiger partial charge on any atom is 0.407 e. The van der Waals surface area contributed by atoms with Crippen molar-refractivity contribution >= 4 is 29.2 Å². The van der Waals surface area contributed by atoms with Gasteiger partial charge in [0.25, 0.3) is 5.91 Å². The number of carbonyl (C=O) groups is 2. The summed E-state index contributed by atoms with van der Waals surface area (Å²) < 4.78 is 42.5. The Balaban J connectivity index is 1.91. The number of carbonyl (C=O) groups excluding carboxylic acids is 1. The molecule has 204 valence electrons. The van der Waals surface area contributed by atoms with Gasteiger partial charge in [-0.2, -0.15) is 13.2 Å². The number of thioether (sulfide) groups is 1. The molecule has 1 amide bonds. The Kier molecular flexibility index (Phi) is 9.52. The highest BCUT2D eigenvalue weighted by molar-refractivity contribution is 8.01. The molecule has 1 aliphatic carbocycles. The summed E-state index contributed by atoms with van der Waals surface area (Å²) in [5.41, 5.74) is 4.15. The standard InChI is InChI=1S/C30H34F3NO3S/c1-19(2)16-25(22-10-12-24(13-11-22)28(37)34-15-14-26(35)36)38-29(30(31,32)33)17-20(3)27(21(4)18-29)23-8-6-5-7-9-23/h5-13,17,19,25H,14-16,18H2,1-4H3,(H,34,37)(H,35,36). The van der Waals surface area contributed by atoms with E-state index in [0.29, 0.717) is 23.1 Å². The van der Waals surface area contributed by atoms with E-state index < -0.39 is 28.0 Å².